The summed E-state index contributed by atoms with van der Waals surface area (Å²) >= 11 is 0. The van der Waals surface area contributed by atoms with E-state index in [-0.39, 0.29) is 17.0 Å². The number of methoxy groups -OCH3 is 1. The lowest BCUT2D eigenvalue weighted by Crippen LogP contribution is -2.26. The number of carbonyl (C=O) groups is 1. The third-order valence-electron chi connectivity index (χ3n) is 4.75. The Morgan fingerprint density at radius 1 is 0.857 bits per heavy atom. The summed E-state index contributed by atoms with van der Waals surface area (Å²) in [5.41, 5.74) is 3.05. The summed E-state index contributed by atoms with van der Waals surface area (Å²) in [5, 5.41) is 0. The van der Waals surface area contributed by atoms with E-state index in [1.54, 1.807) is 14.2 Å². The average molecular weight is 393 g/mol. The molecule has 0 radical (unpaired) electrons. The van der Waals surface area contributed by atoms with E-state index in [1.807, 2.05) is 13.7 Å². The van der Waals surface area contributed by atoms with Crippen LogP contribution in [0.3, 0.4) is 0 Å². The summed E-state index contributed by atoms with van der Waals surface area (Å²) in [7, 11) is 3.25. The van der Waals surface area contributed by atoms with E-state index in [0.717, 1.165) is 25.7 Å². The van der Waals surface area contributed by atoms with Gasteiger partial charge >= 0.3 is 0 Å². The van der Waals surface area contributed by atoms with Crippen LogP contribution in [0.1, 0.15) is 55.7 Å². The molecule has 0 N–H and O–H groups in total. The molecular weight excluding hydrogens is 358 g/mol. The first-order valence-corrected chi connectivity index (χ1v) is 9.50. The zero-order valence-corrected chi connectivity index (χ0v) is 17.9. The molecule has 156 valence electrons. The minimum atomic E-state index is -0.335. The van der Waals surface area contributed by atoms with Gasteiger partial charge in [-0.2, -0.15) is 0 Å². The second kappa shape index (κ2) is 14.0. The van der Waals surface area contributed by atoms with E-state index in [4.69, 9.17) is 4.79 Å². The van der Waals surface area contributed by atoms with Crippen molar-refractivity contribution in [1.82, 2.24) is 0 Å². The van der Waals surface area contributed by atoms with Gasteiger partial charge in [-0.25, -0.2) is 8.78 Å². The van der Waals surface area contributed by atoms with Crippen molar-refractivity contribution in [3.8, 4) is 0 Å². The van der Waals surface area contributed by atoms with Crippen molar-refractivity contribution < 1.29 is 18.3 Å². The maximum absolute atomic E-state index is 13.6. The molecule has 28 heavy (non-hydrogen) atoms. The fraction of sp³-hybridized carbons (Fsp3) is 0.458. The number of hydrogen-bond donors (Lipinski definition) is 0. The minimum Gasteiger partial charge on any atom is -0.388 e. The number of benzene rings is 2. The normalized spacial score (nSPS) is 14.2. The SMILES string of the molecule is C=O.CC1(c2cc(F)ccc2F)CCCCC1.COC.Cc1ccc(C)cc1. The monoisotopic (exact) mass is 392 g/mol. The molecule has 0 bridgehead atoms. The van der Waals surface area contributed by atoms with Crippen LogP contribution >= 0.6 is 0 Å². The molecule has 0 atom stereocenters. The maximum atomic E-state index is 13.6. The van der Waals surface area contributed by atoms with Gasteiger partial charge in [0.1, 0.15) is 18.4 Å². The van der Waals surface area contributed by atoms with Crippen molar-refractivity contribution in [2.45, 2.75) is 58.3 Å². The van der Waals surface area contributed by atoms with Crippen LogP contribution in [0.25, 0.3) is 0 Å². The van der Waals surface area contributed by atoms with Crippen LogP contribution in [0.2, 0.25) is 0 Å². The van der Waals surface area contributed by atoms with E-state index < -0.39 is 0 Å². The van der Waals surface area contributed by atoms with E-state index in [2.05, 4.69) is 42.8 Å². The highest BCUT2D eigenvalue weighted by Crippen LogP contribution is 2.40. The number of rotatable bonds is 1. The predicted molar refractivity (Wildman–Crippen MR) is 113 cm³/mol. The van der Waals surface area contributed by atoms with Crippen molar-refractivity contribution >= 4 is 6.79 Å². The first-order chi connectivity index (χ1) is 13.3. The molecule has 0 saturated heterocycles. The zero-order valence-electron chi connectivity index (χ0n) is 17.9. The Kier molecular flexibility index (Phi) is 13.0. The fourth-order valence-corrected chi connectivity index (χ4v) is 3.20. The van der Waals surface area contributed by atoms with Crippen molar-refractivity contribution in [3.05, 3.63) is 70.8 Å². The Morgan fingerprint density at radius 3 is 1.71 bits per heavy atom. The van der Waals surface area contributed by atoms with Crippen LogP contribution in [-0.4, -0.2) is 21.0 Å². The zero-order chi connectivity index (χ0) is 21.6. The highest BCUT2D eigenvalue weighted by atomic mass is 19.1. The van der Waals surface area contributed by atoms with Crippen LogP contribution in [0, 0.1) is 25.5 Å². The van der Waals surface area contributed by atoms with Gasteiger partial charge in [0.15, 0.2) is 0 Å². The van der Waals surface area contributed by atoms with Crippen molar-refractivity contribution in [2.75, 3.05) is 14.2 Å². The Balaban J connectivity index is 0.000000472. The molecule has 0 unspecified atom stereocenters. The van der Waals surface area contributed by atoms with Gasteiger partial charge in [0.25, 0.3) is 0 Å². The third kappa shape index (κ3) is 9.23. The molecule has 1 saturated carbocycles. The summed E-state index contributed by atoms with van der Waals surface area (Å²) in [4.78, 5) is 8.00. The molecule has 2 nitrogen and oxygen atoms in total. The smallest absolute Gasteiger partial charge is 0.127 e. The highest BCUT2D eigenvalue weighted by molar-refractivity contribution is 5.27. The molecule has 0 aliphatic heterocycles. The van der Waals surface area contributed by atoms with Gasteiger partial charge in [0.2, 0.25) is 0 Å². The molecular formula is C24H34F2O2. The molecule has 0 amide bonds. The molecule has 1 aliphatic carbocycles. The second-order valence-corrected chi connectivity index (χ2v) is 7.31. The van der Waals surface area contributed by atoms with Crippen molar-refractivity contribution in [2.24, 2.45) is 0 Å². The standard InChI is InChI=1S/C13H16F2.C8H10.C2H6O.CH2O/c1-13(7-3-2-4-8-13)11-9-10(14)5-6-12(11)15;1-7-3-5-8(2)6-4-7;1-3-2;1-2/h5-6,9H,2-4,7-8H2,1H3;3-6H,1-2H3;1-2H3;1H2. The summed E-state index contributed by atoms with van der Waals surface area (Å²) in [6, 6.07) is 12.3. The Hall–Kier alpha value is -2.07. The van der Waals surface area contributed by atoms with Crippen LogP contribution in [0.4, 0.5) is 8.78 Å². The summed E-state index contributed by atoms with van der Waals surface area (Å²) in [6.45, 7) is 8.24. The van der Waals surface area contributed by atoms with Crippen LogP contribution < -0.4 is 0 Å². The highest BCUT2D eigenvalue weighted by Gasteiger charge is 2.31. The van der Waals surface area contributed by atoms with Gasteiger partial charge in [0, 0.05) is 14.2 Å². The van der Waals surface area contributed by atoms with Gasteiger partial charge in [0.05, 0.1) is 0 Å². The largest absolute Gasteiger partial charge is 0.388 e. The summed E-state index contributed by atoms with van der Waals surface area (Å²) < 4.78 is 31.0. The molecule has 2 aromatic carbocycles. The van der Waals surface area contributed by atoms with Crippen LogP contribution in [0.15, 0.2) is 42.5 Å². The molecule has 1 aliphatic rings. The lowest BCUT2D eigenvalue weighted by atomic mass is 9.71. The van der Waals surface area contributed by atoms with E-state index in [1.165, 1.54) is 35.7 Å². The van der Waals surface area contributed by atoms with Gasteiger partial charge in [-0.05, 0) is 55.9 Å². The Morgan fingerprint density at radius 2 is 1.29 bits per heavy atom. The summed E-state index contributed by atoms with van der Waals surface area (Å²) in [5.74, 6) is -0.598. The Bertz CT molecular complexity index is 642. The fourth-order valence-electron chi connectivity index (χ4n) is 3.20. The van der Waals surface area contributed by atoms with Gasteiger partial charge in [-0.15, -0.1) is 0 Å². The third-order valence-corrected chi connectivity index (χ3v) is 4.75. The molecule has 4 heteroatoms. The van der Waals surface area contributed by atoms with Gasteiger partial charge in [-0.3, -0.25) is 0 Å². The van der Waals surface area contributed by atoms with E-state index >= 15 is 0 Å². The molecule has 0 aromatic heterocycles. The Labute approximate surface area is 168 Å². The number of halogens is 2. The van der Waals surface area contributed by atoms with E-state index in [0.29, 0.717) is 5.56 Å². The molecule has 1 fully saturated rings. The average Bonchev–Trinajstić information content (AvgIpc) is 2.69. The van der Waals surface area contributed by atoms with Crippen molar-refractivity contribution in [1.29, 1.82) is 0 Å². The minimum absolute atomic E-state index is 0.162. The number of hydrogen-bond acceptors (Lipinski definition) is 2. The van der Waals surface area contributed by atoms with Crippen LogP contribution in [0.5, 0.6) is 0 Å². The lowest BCUT2D eigenvalue weighted by molar-refractivity contribution is -0.0979. The lowest BCUT2D eigenvalue weighted by Gasteiger charge is -2.34. The molecule has 0 heterocycles. The molecule has 2 aromatic rings. The number of carbonyl (C=O) groups excluding carboxylic acids is 1. The first-order valence-electron chi connectivity index (χ1n) is 9.50. The summed E-state index contributed by atoms with van der Waals surface area (Å²) in [6.07, 6.45) is 5.38. The van der Waals surface area contributed by atoms with Gasteiger partial charge in [-0.1, -0.05) is 61.6 Å². The number of aryl methyl sites for hydroxylation is 2. The number of ether oxygens (including phenoxy) is 1. The first kappa shape index (κ1) is 25.9. The predicted octanol–water partition coefficient (Wildman–Crippen LogP) is 6.57. The van der Waals surface area contributed by atoms with Crippen LogP contribution in [-0.2, 0) is 14.9 Å². The molecule has 0 spiro atoms. The second-order valence-electron chi connectivity index (χ2n) is 7.31. The van der Waals surface area contributed by atoms with Crippen molar-refractivity contribution in [3.63, 3.8) is 0 Å². The molecule has 3 rings (SSSR count). The maximum Gasteiger partial charge on any atom is 0.127 e. The van der Waals surface area contributed by atoms with Gasteiger partial charge < -0.3 is 9.53 Å². The van der Waals surface area contributed by atoms with E-state index in [9.17, 15) is 8.78 Å². The topological polar surface area (TPSA) is 26.3 Å². The quantitative estimate of drug-likeness (QED) is 0.549.